The van der Waals surface area contributed by atoms with Crippen LogP contribution >= 0.6 is 0 Å². The molecule has 4 aliphatic heterocycles. The first-order valence-corrected chi connectivity index (χ1v) is 19.5. The van der Waals surface area contributed by atoms with Crippen molar-refractivity contribution in [3.05, 3.63) is 89.7 Å². The number of fused-ring (bicyclic) bond motifs is 2. The Balaban J connectivity index is 0.777. The molecule has 5 aromatic rings. The second-order valence-corrected chi connectivity index (χ2v) is 15.2. The van der Waals surface area contributed by atoms with Crippen molar-refractivity contribution < 1.29 is 14.3 Å². The predicted octanol–water partition coefficient (Wildman–Crippen LogP) is 6.17. The highest BCUT2D eigenvalue weighted by molar-refractivity contribution is 6.01. The van der Waals surface area contributed by atoms with Crippen LogP contribution in [-0.4, -0.2) is 90.1 Å². The van der Waals surface area contributed by atoms with Crippen LogP contribution in [0.2, 0.25) is 0 Å². The van der Waals surface area contributed by atoms with Gasteiger partial charge in [-0.25, -0.2) is 15.0 Å². The van der Waals surface area contributed by atoms with Crippen molar-refractivity contribution in [2.75, 3.05) is 72.9 Å². The molecule has 55 heavy (non-hydrogen) atoms. The van der Waals surface area contributed by atoms with Gasteiger partial charge in [-0.1, -0.05) is 18.2 Å². The van der Waals surface area contributed by atoms with Crippen molar-refractivity contribution >= 4 is 51.4 Å². The second-order valence-electron chi connectivity index (χ2n) is 15.2. The zero-order valence-corrected chi connectivity index (χ0v) is 31.5. The first kappa shape index (κ1) is 35.0. The van der Waals surface area contributed by atoms with Crippen molar-refractivity contribution in [1.29, 1.82) is 0 Å². The van der Waals surface area contributed by atoms with Gasteiger partial charge in [0.1, 0.15) is 12.3 Å². The van der Waals surface area contributed by atoms with E-state index in [2.05, 4.69) is 115 Å². The molecule has 0 radical (unpaired) electrons. The molecule has 12 nitrogen and oxygen atoms in total. The Morgan fingerprint density at radius 2 is 1.60 bits per heavy atom. The highest BCUT2D eigenvalue weighted by Gasteiger charge is 2.31. The summed E-state index contributed by atoms with van der Waals surface area (Å²) in [5.41, 5.74) is 10.6. The lowest BCUT2D eigenvalue weighted by atomic mass is 9.87. The average Bonchev–Trinajstić information content (AvgIpc) is 3.21. The fraction of sp³-hybridized carbons (Fsp3) is 0.372. The molecule has 0 saturated carbocycles. The number of imide groups is 1. The first-order chi connectivity index (χ1) is 26.9. The summed E-state index contributed by atoms with van der Waals surface area (Å²) in [6, 6.07) is 21.9. The number of hydrogen-bond acceptors (Lipinski definition) is 11. The van der Waals surface area contributed by atoms with E-state index in [0.29, 0.717) is 37.3 Å². The predicted molar refractivity (Wildman–Crippen MR) is 217 cm³/mol. The normalized spacial score (nSPS) is 19.4. The molecule has 1 unspecified atom stereocenters. The van der Waals surface area contributed by atoms with Crippen molar-refractivity contribution in [2.45, 2.75) is 51.5 Å². The molecule has 0 spiro atoms. The number of nitrogens with zero attached hydrogens (tertiary/aromatic N) is 6. The van der Waals surface area contributed by atoms with Crippen molar-refractivity contribution in [3.8, 4) is 17.0 Å². The van der Waals surface area contributed by atoms with E-state index >= 15 is 0 Å². The van der Waals surface area contributed by atoms with Gasteiger partial charge < -0.3 is 25.2 Å². The van der Waals surface area contributed by atoms with Gasteiger partial charge in [0.2, 0.25) is 23.6 Å². The number of hydrogen-bond donors (Lipinski definition) is 3. The molecule has 12 heteroatoms. The number of ether oxygens (including phenoxy) is 1. The number of rotatable bonds is 7. The highest BCUT2D eigenvalue weighted by atomic mass is 16.5. The Hall–Kier alpha value is -5.75. The molecular weight excluding hydrogens is 691 g/mol. The Kier molecular flexibility index (Phi) is 9.43. The molecule has 282 valence electrons. The van der Waals surface area contributed by atoms with Gasteiger partial charge in [-0.05, 0) is 97.8 Å². The molecule has 9 rings (SSSR count). The van der Waals surface area contributed by atoms with Crippen molar-refractivity contribution in [3.63, 3.8) is 0 Å². The summed E-state index contributed by atoms with van der Waals surface area (Å²) >= 11 is 0. The molecular formula is C43H47N9O3. The van der Waals surface area contributed by atoms with Crippen LogP contribution in [0.15, 0.2) is 73.1 Å². The summed E-state index contributed by atoms with van der Waals surface area (Å²) in [7, 11) is 0. The summed E-state index contributed by atoms with van der Waals surface area (Å²) in [5.74, 6) is 0.636. The van der Waals surface area contributed by atoms with Crippen LogP contribution < -0.4 is 30.5 Å². The Labute approximate surface area is 321 Å². The number of benzene rings is 3. The lowest BCUT2D eigenvalue weighted by Crippen LogP contribution is -2.53. The minimum absolute atomic E-state index is 0.171. The SMILES string of the molecule is Cc1cc(N2CCN(C3CCN(c4ccc(Nc5ncc6ccc(-c7cnc8c(c7C)NCCO8)cc6n5)cc4)CC3)CC2)ccc1C1CCC(=O)NC1=O. The molecule has 6 heterocycles. The lowest BCUT2D eigenvalue weighted by molar-refractivity contribution is -0.134. The molecule has 2 aromatic heterocycles. The van der Waals surface area contributed by atoms with Crippen LogP contribution in [0, 0.1) is 13.8 Å². The number of aromatic nitrogens is 3. The summed E-state index contributed by atoms with van der Waals surface area (Å²) in [6.07, 6.45) is 7.03. The largest absolute Gasteiger partial charge is 0.474 e. The quantitative estimate of drug-likeness (QED) is 0.166. The van der Waals surface area contributed by atoms with Crippen molar-refractivity contribution in [1.82, 2.24) is 25.2 Å². The fourth-order valence-corrected chi connectivity index (χ4v) is 8.72. The van der Waals surface area contributed by atoms with E-state index in [1.165, 1.54) is 11.4 Å². The summed E-state index contributed by atoms with van der Waals surface area (Å²) < 4.78 is 5.72. The van der Waals surface area contributed by atoms with Crippen LogP contribution in [-0.2, 0) is 9.59 Å². The van der Waals surface area contributed by atoms with Gasteiger partial charge in [0.15, 0.2) is 0 Å². The van der Waals surface area contributed by atoms with Gasteiger partial charge >= 0.3 is 0 Å². The summed E-state index contributed by atoms with van der Waals surface area (Å²) in [4.78, 5) is 45.7. The minimum Gasteiger partial charge on any atom is -0.474 e. The Morgan fingerprint density at radius 3 is 2.38 bits per heavy atom. The fourth-order valence-electron chi connectivity index (χ4n) is 8.72. The van der Waals surface area contributed by atoms with Crippen LogP contribution in [0.25, 0.3) is 22.0 Å². The first-order valence-electron chi connectivity index (χ1n) is 19.5. The van der Waals surface area contributed by atoms with Gasteiger partial charge in [0, 0.05) is 98.7 Å². The molecule has 3 aromatic carbocycles. The van der Waals surface area contributed by atoms with Crippen LogP contribution in [0.3, 0.4) is 0 Å². The van der Waals surface area contributed by atoms with Gasteiger partial charge in [-0.2, -0.15) is 0 Å². The second kappa shape index (κ2) is 14.8. The number of nitrogens with one attached hydrogen (secondary N) is 3. The van der Waals surface area contributed by atoms with E-state index in [-0.39, 0.29) is 17.7 Å². The number of pyridine rings is 1. The summed E-state index contributed by atoms with van der Waals surface area (Å²) in [5, 5.41) is 10.3. The maximum Gasteiger partial charge on any atom is 0.237 e. The van der Waals surface area contributed by atoms with E-state index < -0.39 is 0 Å². The van der Waals surface area contributed by atoms with Gasteiger partial charge in [0.25, 0.3) is 0 Å². The molecule has 4 aliphatic rings. The number of piperidine rings is 2. The molecule has 2 amide bonds. The van der Waals surface area contributed by atoms with E-state index in [1.54, 1.807) is 0 Å². The molecule has 3 saturated heterocycles. The van der Waals surface area contributed by atoms with Gasteiger partial charge in [-0.15, -0.1) is 0 Å². The molecule has 0 aliphatic carbocycles. The van der Waals surface area contributed by atoms with E-state index in [0.717, 1.165) is 109 Å². The molecule has 3 fully saturated rings. The molecule has 1 atom stereocenters. The number of carbonyl (C=O) groups is 2. The maximum atomic E-state index is 12.5. The van der Waals surface area contributed by atoms with Crippen LogP contribution in [0.4, 0.5) is 28.7 Å². The number of carbonyl (C=O) groups excluding carboxylic acids is 2. The molecule has 0 bridgehead atoms. The van der Waals surface area contributed by atoms with E-state index in [1.807, 2.05) is 12.4 Å². The van der Waals surface area contributed by atoms with E-state index in [9.17, 15) is 9.59 Å². The number of amides is 2. The monoisotopic (exact) mass is 737 g/mol. The highest BCUT2D eigenvalue weighted by Crippen LogP contribution is 2.36. The Bertz CT molecular complexity index is 2250. The minimum atomic E-state index is -0.243. The zero-order valence-electron chi connectivity index (χ0n) is 31.5. The average molecular weight is 738 g/mol. The number of aryl methyl sites for hydroxylation is 1. The zero-order chi connectivity index (χ0) is 37.5. The Morgan fingerprint density at radius 1 is 0.818 bits per heavy atom. The van der Waals surface area contributed by atoms with Crippen LogP contribution in [0.5, 0.6) is 5.88 Å². The van der Waals surface area contributed by atoms with Gasteiger partial charge in [-0.3, -0.25) is 19.8 Å². The third-order valence-corrected chi connectivity index (χ3v) is 11.9. The van der Waals surface area contributed by atoms with E-state index in [4.69, 9.17) is 9.72 Å². The third kappa shape index (κ3) is 7.14. The third-order valence-electron chi connectivity index (χ3n) is 11.9. The smallest absolute Gasteiger partial charge is 0.237 e. The van der Waals surface area contributed by atoms with Crippen LogP contribution in [0.1, 0.15) is 48.3 Å². The maximum absolute atomic E-state index is 12.5. The van der Waals surface area contributed by atoms with Gasteiger partial charge in [0.05, 0.1) is 11.4 Å². The summed E-state index contributed by atoms with van der Waals surface area (Å²) in [6.45, 7) is 11.7. The molecule has 3 N–H and O–H groups in total. The standard InChI is InChI=1S/C43H47N9O3/c1-27-23-34(9-10-35(27)36-11-12-39(53)49-41(36)54)52-20-18-51(19-21-52)33-13-16-50(17-14-33)32-7-5-31(6-8-32)47-43-46-25-30-4-3-29(24-38(30)48-43)37-26-45-42-40(28(37)2)44-15-22-55-42/h3-10,23-26,33,36,44H,11-22H2,1-2H3,(H,46,47,48)(H,49,53,54). The lowest BCUT2D eigenvalue weighted by Gasteiger charge is -2.44. The number of piperazine rings is 1. The topological polar surface area (TPSA) is 128 Å². The number of anilines is 5. The van der Waals surface area contributed by atoms with Crippen molar-refractivity contribution in [2.24, 2.45) is 0 Å².